The van der Waals surface area contributed by atoms with Crippen LogP contribution in [0.2, 0.25) is 10.0 Å². The molecule has 0 unspecified atom stereocenters. The molecule has 0 saturated carbocycles. The molecule has 118 valence electrons. The second-order valence-electron chi connectivity index (χ2n) is 4.87. The molecule has 0 saturated heterocycles. The number of anilines is 1. The first-order chi connectivity index (χ1) is 11.7. The van der Waals surface area contributed by atoms with E-state index in [0.29, 0.717) is 20.6 Å². The van der Waals surface area contributed by atoms with Gasteiger partial charge in [-0.15, -0.1) is 11.3 Å². The third-order valence-electron chi connectivity index (χ3n) is 3.20. The Balaban J connectivity index is 1.82. The van der Waals surface area contributed by atoms with Crippen molar-refractivity contribution in [3.05, 3.63) is 75.2 Å². The van der Waals surface area contributed by atoms with E-state index in [1.54, 1.807) is 18.3 Å². The highest BCUT2D eigenvalue weighted by atomic mass is 35.5. The number of nitrogens with one attached hydrogen (secondary N) is 1. The number of thiazole rings is 1. The number of allylic oxidation sites excluding steroid dienone is 1. The lowest BCUT2D eigenvalue weighted by molar-refractivity contribution is 1.36. The molecule has 0 amide bonds. The van der Waals surface area contributed by atoms with E-state index in [-0.39, 0.29) is 0 Å². The predicted molar refractivity (Wildman–Crippen MR) is 101 cm³/mol. The van der Waals surface area contributed by atoms with E-state index < -0.39 is 0 Å². The van der Waals surface area contributed by atoms with E-state index in [2.05, 4.69) is 16.4 Å². The van der Waals surface area contributed by atoms with Crippen LogP contribution in [0.15, 0.2) is 60.1 Å². The zero-order chi connectivity index (χ0) is 16.9. The molecule has 0 radical (unpaired) electrons. The number of hydrogen-bond acceptors (Lipinski definition) is 4. The Hall–Kier alpha value is -2.32. The van der Waals surface area contributed by atoms with Crippen molar-refractivity contribution < 1.29 is 0 Å². The summed E-state index contributed by atoms with van der Waals surface area (Å²) in [7, 11) is 0. The standard InChI is InChI=1S/C18H11Cl2N3S/c19-14-6-4-12(5-7-14)17-11-24-18(23-17)13(9-21)10-22-16-3-1-2-15(20)8-16/h1-8,10-11,22H/b13-10-. The van der Waals surface area contributed by atoms with Gasteiger partial charge in [0.05, 0.1) is 5.69 Å². The molecule has 0 spiro atoms. The van der Waals surface area contributed by atoms with Gasteiger partial charge in [-0.05, 0) is 30.3 Å². The van der Waals surface area contributed by atoms with Gasteiger partial charge < -0.3 is 5.32 Å². The van der Waals surface area contributed by atoms with Gasteiger partial charge >= 0.3 is 0 Å². The molecule has 1 heterocycles. The Kier molecular flexibility index (Phi) is 5.17. The van der Waals surface area contributed by atoms with Crippen LogP contribution in [0.4, 0.5) is 5.69 Å². The van der Waals surface area contributed by atoms with Gasteiger partial charge in [0.2, 0.25) is 0 Å². The summed E-state index contributed by atoms with van der Waals surface area (Å²) in [6.07, 6.45) is 1.64. The molecule has 0 aliphatic heterocycles. The van der Waals surface area contributed by atoms with Crippen molar-refractivity contribution in [3.8, 4) is 17.3 Å². The SMILES string of the molecule is N#C/C(=C/Nc1cccc(Cl)c1)c1nc(-c2ccc(Cl)cc2)cs1. The summed E-state index contributed by atoms with van der Waals surface area (Å²) in [5.41, 5.74) is 3.04. The van der Waals surface area contributed by atoms with Crippen molar-refractivity contribution in [2.45, 2.75) is 0 Å². The van der Waals surface area contributed by atoms with E-state index in [4.69, 9.17) is 23.2 Å². The number of hydrogen-bond donors (Lipinski definition) is 1. The molecule has 24 heavy (non-hydrogen) atoms. The van der Waals surface area contributed by atoms with Crippen LogP contribution in [0.5, 0.6) is 0 Å². The lowest BCUT2D eigenvalue weighted by Gasteiger charge is -2.01. The highest BCUT2D eigenvalue weighted by Gasteiger charge is 2.09. The van der Waals surface area contributed by atoms with Crippen molar-refractivity contribution in [1.29, 1.82) is 5.26 Å². The summed E-state index contributed by atoms with van der Waals surface area (Å²) in [6, 6.07) is 16.9. The van der Waals surface area contributed by atoms with Crippen molar-refractivity contribution in [3.63, 3.8) is 0 Å². The normalized spacial score (nSPS) is 11.1. The van der Waals surface area contributed by atoms with Crippen LogP contribution in [0.1, 0.15) is 5.01 Å². The fraction of sp³-hybridized carbons (Fsp3) is 0. The van der Waals surface area contributed by atoms with Crippen molar-refractivity contribution in [2.75, 3.05) is 5.32 Å². The molecule has 0 aliphatic carbocycles. The molecule has 0 bridgehead atoms. The molecule has 0 aliphatic rings. The second kappa shape index (κ2) is 7.50. The summed E-state index contributed by atoms with van der Waals surface area (Å²) in [5, 5.41) is 16.3. The van der Waals surface area contributed by atoms with Crippen molar-refractivity contribution >= 4 is 45.8 Å². The molecular weight excluding hydrogens is 361 g/mol. The zero-order valence-electron chi connectivity index (χ0n) is 12.3. The third-order valence-corrected chi connectivity index (χ3v) is 4.57. The van der Waals surface area contributed by atoms with Crippen LogP contribution in [-0.2, 0) is 0 Å². The fourth-order valence-electron chi connectivity index (χ4n) is 2.03. The minimum atomic E-state index is 0.459. The van der Waals surface area contributed by atoms with E-state index >= 15 is 0 Å². The molecule has 0 fully saturated rings. The molecule has 3 aromatic rings. The molecular formula is C18H11Cl2N3S. The first-order valence-corrected chi connectivity index (χ1v) is 8.63. The first-order valence-electron chi connectivity index (χ1n) is 7.00. The van der Waals surface area contributed by atoms with Gasteiger partial charge in [0.1, 0.15) is 16.6 Å². The van der Waals surface area contributed by atoms with E-state index in [0.717, 1.165) is 16.9 Å². The first kappa shape index (κ1) is 16.5. The maximum absolute atomic E-state index is 9.39. The quantitative estimate of drug-likeness (QED) is 0.564. The lowest BCUT2D eigenvalue weighted by Crippen LogP contribution is -1.91. The average molecular weight is 372 g/mol. The average Bonchev–Trinajstić information content (AvgIpc) is 3.06. The summed E-state index contributed by atoms with van der Waals surface area (Å²) in [6.45, 7) is 0. The van der Waals surface area contributed by atoms with E-state index in [9.17, 15) is 5.26 Å². The van der Waals surface area contributed by atoms with Gasteiger partial charge in [0, 0.05) is 32.9 Å². The number of nitriles is 1. The molecule has 1 N–H and O–H groups in total. The Bertz CT molecular complexity index is 924. The molecule has 3 nitrogen and oxygen atoms in total. The molecule has 3 rings (SSSR count). The number of nitrogens with zero attached hydrogens (tertiary/aromatic N) is 2. The summed E-state index contributed by atoms with van der Waals surface area (Å²) >= 11 is 13.3. The highest BCUT2D eigenvalue weighted by Crippen LogP contribution is 2.27. The number of rotatable bonds is 4. The van der Waals surface area contributed by atoms with Crippen LogP contribution in [0.3, 0.4) is 0 Å². The smallest absolute Gasteiger partial charge is 0.136 e. The molecule has 6 heteroatoms. The molecule has 1 aromatic heterocycles. The van der Waals surface area contributed by atoms with Gasteiger partial charge in [-0.25, -0.2) is 4.98 Å². The van der Waals surface area contributed by atoms with Crippen molar-refractivity contribution in [1.82, 2.24) is 4.98 Å². The summed E-state index contributed by atoms with van der Waals surface area (Å²) < 4.78 is 0. The highest BCUT2D eigenvalue weighted by molar-refractivity contribution is 7.11. The van der Waals surface area contributed by atoms with Gasteiger partial charge in [-0.1, -0.05) is 41.4 Å². The maximum atomic E-state index is 9.39. The minimum Gasteiger partial charge on any atom is -0.360 e. The fourth-order valence-corrected chi connectivity index (χ4v) is 3.14. The number of benzene rings is 2. The minimum absolute atomic E-state index is 0.459. The monoisotopic (exact) mass is 371 g/mol. The summed E-state index contributed by atoms with van der Waals surface area (Å²) in [4.78, 5) is 4.53. The topological polar surface area (TPSA) is 48.7 Å². The van der Waals surface area contributed by atoms with Gasteiger partial charge in [-0.2, -0.15) is 5.26 Å². The largest absolute Gasteiger partial charge is 0.360 e. The predicted octanol–water partition coefficient (Wildman–Crippen LogP) is 6.09. The Morgan fingerprint density at radius 2 is 1.92 bits per heavy atom. The van der Waals surface area contributed by atoms with E-state index in [1.807, 2.05) is 41.8 Å². The molecule has 2 aromatic carbocycles. The number of halogens is 2. The second-order valence-corrected chi connectivity index (χ2v) is 6.60. The third kappa shape index (κ3) is 3.95. The van der Waals surface area contributed by atoms with Crippen LogP contribution in [0, 0.1) is 11.3 Å². The molecule has 0 atom stereocenters. The Labute approximate surface area is 153 Å². The zero-order valence-corrected chi connectivity index (χ0v) is 14.7. The Morgan fingerprint density at radius 1 is 1.12 bits per heavy atom. The van der Waals surface area contributed by atoms with Crippen LogP contribution < -0.4 is 5.32 Å². The Morgan fingerprint density at radius 3 is 2.62 bits per heavy atom. The van der Waals surface area contributed by atoms with Gasteiger partial charge in [-0.3, -0.25) is 0 Å². The van der Waals surface area contributed by atoms with Crippen molar-refractivity contribution in [2.24, 2.45) is 0 Å². The van der Waals surface area contributed by atoms with Gasteiger partial charge in [0.25, 0.3) is 0 Å². The van der Waals surface area contributed by atoms with E-state index in [1.165, 1.54) is 11.3 Å². The lowest BCUT2D eigenvalue weighted by atomic mass is 10.2. The maximum Gasteiger partial charge on any atom is 0.136 e. The van der Waals surface area contributed by atoms with Crippen LogP contribution in [-0.4, -0.2) is 4.98 Å². The van der Waals surface area contributed by atoms with Gasteiger partial charge in [0.15, 0.2) is 0 Å². The summed E-state index contributed by atoms with van der Waals surface area (Å²) in [5.74, 6) is 0. The number of aromatic nitrogens is 1. The van der Waals surface area contributed by atoms with Crippen LogP contribution >= 0.6 is 34.5 Å². The van der Waals surface area contributed by atoms with Crippen LogP contribution in [0.25, 0.3) is 16.8 Å².